The average Bonchev–Trinajstić information content (AvgIpc) is 3.69. The van der Waals surface area contributed by atoms with Crippen LogP contribution in [0.4, 0.5) is 0 Å². The Bertz CT molecular complexity index is 1010. The van der Waals surface area contributed by atoms with Gasteiger partial charge in [-0.05, 0) is 106 Å². The third-order valence-corrected chi connectivity index (χ3v) is 9.53. The molecule has 2 bridgehead atoms. The highest BCUT2D eigenvalue weighted by atomic mass is 16.5. The third-order valence-electron chi connectivity index (χ3n) is 9.53. The highest BCUT2D eigenvalue weighted by molar-refractivity contribution is 5.48. The first-order valence-corrected chi connectivity index (χ1v) is 13.5. The summed E-state index contributed by atoms with van der Waals surface area (Å²) in [5.41, 5.74) is 3.42. The molecule has 4 aliphatic rings. The molecule has 1 N–H and O–H groups in total. The fourth-order valence-electron chi connectivity index (χ4n) is 7.40. The molecule has 6 rings (SSSR count). The SMILES string of the molecule is COc1ccc2c(c1)C13CCN(CCCc4ccccc4)CCC1(O)C(C2)N(CC1CC1)CC3. The maximum atomic E-state index is 12.7. The van der Waals surface area contributed by atoms with Crippen molar-refractivity contribution in [1.82, 2.24) is 9.80 Å². The largest absolute Gasteiger partial charge is 0.497 e. The number of methoxy groups -OCH3 is 1. The van der Waals surface area contributed by atoms with E-state index < -0.39 is 5.60 Å². The topological polar surface area (TPSA) is 35.9 Å². The third kappa shape index (κ3) is 3.88. The number of benzene rings is 2. The van der Waals surface area contributed by atoms with Crippen LogP contribution in [0.1, 0.15) is 55.2 Å². The van der Waals surface area contributed by atoms with Crippen molar-refractivity contribution < 1.29 is 9.84 Å². The Labute approximate surface area is 204 Å². The molecule has 0 aromatic heterocycles. The Morgan fingerprint density at radius 2 is 1.79 bits per heavy atom. The minimum atomic E-state index is -0.659. The number of rotatable bonds is 7. The summed E-state index contributed by atoms with van der Waals surface area (Å²) in [6, 6.07) is 17.8. The Kier molecular flexibility index (Phi) is 5.95. The van der Waals surface area contributed by atoms with Gasteiger partial charge in [-0.15, -0.1) is 0 Å². The number of piperidine rings is 1. The Morgan fingerprint density at radius 3 is 2.59 bits per heavy atom. The summed E-state index contributed by atoms with van der Waals surface area (Å²) in [6.45, 7) is 5.48. The van der Waals surface area contributed by atoms with E-state index >= 15 is 0 Å². The number of hydrogen-bond donors (Lipinski definition) is 1. The number of aliphatic hydroxyl groups is 1. The van der Waals surface area contributed by atoms with Crippen LogP contribution in [0.25, 0.3) is 0 Å². The molecule has 182 valence electrons. The van der Waals surface area contributed by atoms with Gasteiger partial charge in [0.05, 0.1) is 12.7 Å². The van der Waals surface area contributed by atoms with E-state index in [2.05, 4.69) is 58.3 Å². The lowest BCUT2D eigenvalue weighted by Gasteiger charge is -2.61. The highest BCUT2D eigenvalue weighted by Gasteiger charge is 2.63. The zero-order chi connectivity index (χ0) is 23.2. The minimum Gasteiger partial charge on any atom is -0.497 e. The predicted molar refractivity (Wildman–Crippen MR) is 136 cm³/mol. The van der Waals surface area contributed by atoms with Gasteiger partial charge in [0, 0.05) is 24.5 Å². The van der Waals surface area contributed by atoms with Gasteiger partial charge in [0.2, 0.25) is 0 Å². The number of hydrogen-bond acceptors (Lipinski definition) is 4. The molecular formula is C30H40N2O2. The normalized spacial score (nSPS) is 31.4. The van der Waals surface area contributed by atoms with Crippen molar-refractivity contribution >= 4 is 0 Å². The summed E-state index contributed by atoms with van der Waals surface area (Å²) in [4.78, 5) is 5.31. The van der Waals surface area contributed by atoms with Crippen molar-refractivity contribution in [1.29, 1.82) is 0 Å². The summed E-state index contributed by atoms with van der Waals surface area (Å²) in [7, 11) is 1.76. The van der Waals surface area contributed by atoms with E-state index in [9.17, 15) is 5.11 Å². The van der Waals surface area contributed by atoms with E-state index in [-0.39, 0.29) is 11.5 Å². The fourth-order valence-corrected chi connectivity index (χ4v) is 7.40. The van der Waals surface area contributed by atoms with E-state index in [1.807, 2.05) is 0 Å². The molecule has 2 saturated heterocycles. The van der Waals surface area contributed by atoms with Crippen molar-refractivity contribution in [2.45, 2.75) is 68.4 Å². The molecule has 0 amide bonds. The number of aryl methyl sites for hydroxylation is 1. The maximum absolute atomic E-state index is 12.7. The van der Waals surface area contributed by atoms with Crippen LogP contribution in [-0.4, -0.2) is 66.4 Å². The van der Waals surface area contributed by atoms with Gasteiger partial charge in [-0.2, -0.15) is 0 Å². The summed E-state index contributed by atoms with van der Waals surface area (Å²) in [5.74, 6) is 1.78. The quantitative estimate of drug-likeness (QED) is 0.663. The molecule has 3 unspecified atom stereocenters. The number of ether oxygens (including phenoxy) is 1. The molecule has 1 saturated carbocycles. The maximum Gasteiger partial charge on any atom is 0.119 e. The molecule has 0 spiro atoms. The molecule has 4 heteroatoms. The lowest BCUT2D eigenvalue weighted by molar-refractivity contribution is -0.149. The first-order chi connectivity index (χ1) is 16.6. The van der Waals surface area contributed by atoms with Crippen LogP contribution in [-0.2, 0) is 18.3 Å². The van der Waals surface area contributed by atoms with Gasteiger partial charge in [-0.25, -0.2) is 0 Å². The fraction of sp³-hybridized carbons (Fsp3) is 0.600. The van der Waals surface area contributed by atoms with E-state index in [1.165, 1.54) is 42.5 Å². The molecule has 2 aromatic rings. The second-order valence-electron chi connectivity index (χ2n) is 11.4. The highest BCUT2D eigenvalue weighted by Crippen LogP contribution is 2.56. The second-order valence-corrected chi connectivity index (χ2v) is 11.4. The van der Waals surface area contributed by atoms with Crippen molar-refractivity contribution in [2.24, 2.45) is 5.92 Å². The minimum absolute atomic E-state index is 0.159. The average molecular weight is 461 g/mol. The smallest absolute Gasteiger partial charge is 0.119 e. The van der Waals surface area contributed by atoms with E-state index in [1.54, 1.807) is 7.11 Å². The summed E-state index contributed by atoms with van der Waals surface area (Å²) >= 11 is 0. The summed E-state index contributed by atoms with van der Waals surface area (Å²) < 4.78 is 5.65. The monoisotopic (exact) mass is 460 g/mol. The number of likely N-dealkylation sites (tertiary alicyclic amines) is 2. The van der Waals surface area contributed by atoms with Crippen molar-refractivity contribution in [3.63, 3.8) is 0 Å². The molecule has 3 atom stereocenters. The van der Waals surface area contributed by atoms with Gasteiger partial charge in [0.25, 0.3) is 0 Å². The van der Waals surface area contributed by atoms with Gasteiger partial charge in [0.1, 0.15) is 5.75 Å². The van der Waals surface area contributed by atoms with Gasteiger partial charge >= 0.3 is 0 Å². The first-order valence-electron chi connectivity index (χ1n) is 13.5. The van der Waals surface area contributed by atoms with Gasteiger partial charge in [-0.3, -0.25) is 4.90 Å². The predicted octanol–water partition coefficient (Wildman–Crippen LogP) is 4.43. The van der Waals surface area contributed by atoms with Crippen LogP contribution in [0, 0.1) is 5.92 Å². The molecule has 2 aliphatic carbocycles. The Morgan fingerprint density at radius 1 is 1.00 bits per heavy atom. The van der Waals surface area contributed by atoms with E-state index in [4.69, 9.17) is 4.74 Å². The van der Waals surface area contributed by atoms with Crippen molar-refractivity contribution in [2.75, 3.05) is 39.8 Å². The molecule has 3 fully saturated rings. The second kappa shape index (κ2) is 8.96. The van der Waals surface area contributed by atoms with Gasteiger partial charge in [0.15, 0.2) is 0 Å². The molecule has 2 heterocycles. The lowest BCUT2D eigenvalue weighted by atomic mass is 9.52. The molecule has 4 nitrogen and oxygen atoms in total. The van der Waals surface area contributed by atoms with E-state index in [0.29, 0.717) is 0 Å². The Hall–Kier alpha value is -1.88. The first kappa shape index (κ1) is 22.6. The molecular weight excluding hydrogens is 420 g/mol. The Balaban J connectivity index is 1.27. The van der Waals surface area contributed by atoms with Crippen molar-refractivity contribution in [3.8, 4) is 5.75 Å². The van der Waals surface area contributed by atoms with Crippen LogP contribution >= 0.6 is 0 Å². The van der Waals surface area contributed by atoms with Gasteiger partial charge in [-0.1, -0.05) is 36.4 Å². The van der Waals surface area contributed by atoms with Crippen LogP contribution in [0.3, 0.4) is 0 Å². The van der Waals surface area contributed by atoms with E-state index in [0.717, 1.165) is 70.0 Å². The number of fused-ring (bicyclic) bond motifs is 1. The zero-order valence-corrected chi connectivity index (χ0v) is 20.7. The summed E-state index contributed by atoms with van der Waals surface area (Å²) in [6.07, 6.45) is 9.00. The van der Waals surface area contributed by atoms with Crippen LogP contribution in [0.15, 0.2) is 48.5 Å². The van der Waals surface area contributed by atoms with Crippen LogP contribution in [0.2, 0.25) is 0 Å². The lowest BCUT2D eigenvalue weighted by Crippen LogP contribution is -2.71. The molecule has 34 heavy (non-hydrogen) atoms. The standard InChI is InChI=1S/C30H40N2O2/c1-34-26-12-11-25-20-28-30(33)15-18-31(16-5-8-23-6-3-2-4-7-23)17-13-29(30,27(25)21-26)14-19-32(28)22-24-9-10-24/h2-4,6-7,11-12,21,24,28,33H,5,8-10,13-20,22H2,1H3. The summed E-state index contributed by atoms with van der Waals surface area (Å²) in [5, 5.41) is 12.7. The molecule has 2 aromatic carbocycles. The van der Waals surface area contributed by atoms with Gasteiger partial charge < -0.3 is 14.7 Å². The van der Waals surface area contributed by atoms with Crippen LogP contribution in [0.5, 0.6) is 5.75 Å². The number of nitrogens with zero attached hydrogens (tertiary/aromatic N) is 2. The zero-order valence-electron chi connectivity index (χ0n) is 20.7. The molecule has 0 radical (unpaired) electrons. The molecule has 2 aliphatic heterocycles. The van der Waals surface area contributed by atoms with Crippen molar-refractivity contribution in [3.05, 3.63) is 65.2 Å². The van der Waals surface area contributed by atoms with Crippen LogP contribution < -0.4 is 4.74 Å².